The van der Waals surface area contributed by atoms with Crippen LogP contribution in [0.5, 0.6) is 0 Å². The van der Waals surface area contributed by atoms with E-state index in [2.05, 4.69) is 42.6 Å². The molecule has 0 saturated heterocycles. The normalized spacial score (nSPS) is 15.9. The second-order valence-corrected chi connectivity index (χ2v) is 6.50. The molecule has 0 spiro atoms. The van der Waals surface area contributed by atoms with Gasteiger partial charge in [-0.3, -0.25) is 0 Å². The van der Waals surface area contributed by atoms with Crippen LogP contribution in [0, 0.1) is 0 Å². The summed E-state index contributed by atoms with van der Waals surface area (Å²) < 4.78 is 0. The Bertz CT molecular complexity index is 587. The minimum absolute atomic E-state index is 0.410. The Labute approximate surface area is 132 Å². The zero-order valence-electron chi connectivity index (χ0n) is 12.5. The first-order valence-corrected chi connectivity index (χ1v) is 8.16. The van der Waals surface area contributed by atoms with Gasteiger partial charge in [0.15, 0.2) is 0 Å². The molecule has 3 rings (SSSR count). The minimum atomic E-state index is 0.410. The lowest BCUT2D eigenvalue weighted by Gasteiger charge is -2.15. The Morgan fingerprint density at radius 3 is 2.48 bits per heavy atom. The molecule has 1 aliphatic rings. The van der Waals surface area contributed by atoms with Crippen molar-refractivity contribution in [3.63, 3.8) is 0 Å². The van der Waals surface area contributed by atoms with Crippen molar-refractivity contribution in [2.75, 3.05) is 0 Å². The van der Waals surface area contributed by atoms with E-state index in [4.69, 9.17) is 11.6 Å². The third kappa shape index (κ3) is 4.09. The van der Waals surface area contributed by atoms with E-state index >= 15 is 0 Å². The van der Waals surface area contributed by atoms with E-state index in [0.29, 0.717) is 6.04 Å². The predicted molar refractivity (Wildman–Crippen MR) is 89.9 cm³/mol. The Morgan fingerprint density at radius 2 is 1.81 bits per heavy atom. The highest BCUT2D eigenvalue weighted by Crippen LogP contribution is 2.39. The Morgan fingerprint density at radius 1 is 1.10 bits per heavy atom. The largest absolute Gasteiger partial charge is 0.310 e. The fraction of sp³-hybridized carbons (Fsp3) is 0.368. The predicted octanol–water partition coefficient (Wildman–Crippen LogP) is 4.94. The van der Waals surface area contributed by atoms with Gasteiger partial charge in [-0.1, -0.05) is 54.1 Å². The van der Waals surface area contributed by atoms with Crippen LogP contribution in [0.4, 0.5) is 0 Å². The van der Waals surface area contributed by atoms with Gasteiger partial charge in [0, 0.05) is 17.6 Å². The van der Waals surface area contributed by atoms with Gasteiger partial charge in [-0.15, -0.1) is 0 Å². The molecule has 1 N–H and O–H groups in total. The molecule has 0 bridgehead atoms. The van der Waals surface area contributed by atoms with E-state index in [1.807, 2.05) is 18.2 Å². The summed E-state index contributed by atoms with van der Waals surface area (Å²) in [5.74, 6) is 0.839. The second kappa shape index (κ2) is 6.64. The molecule has 1 nitrogen and oxygen atoms in total. The number of hydrogen-bond acceptors (Lipinski definition) is 1. The van der Waals surface area contributed by atoms with E-state index in [-0.39, 0.29) is 0 Å². The van der Waals surface area contributed by atoms with Crippen molar-refractivity contribution in [3.05, 3.63) is 70.2 Å². The minimum Gasteiger partial charge on any atom is -0.310 e. The molecular formula is C19H22ClN. The summed E-state index contributed by atoms with van der Waals surface area (Å²) in [6, 6.07) is 17.6. The van der Waals surface area contributed by atoms with Crippen molar-refractivity contribution < 1.29 is 0 Å². The molecule has 2 aromatic rings. The van der Waals surface area contributed by atoms with Crippen molar-refractivity contribution >= 4 is 11.6 Å². The summed E-state index contributed by atoms with van der Waals surface area (Å²) in [6.07, 6.45) is 3.69. The SMILES string of the molecule is CC(Cc1ccccc1Cl)NCc1ccc(C2CC2)cc1. The highest BCUT2D eigenvalue weighted by Gasteiger charge is 2.22. The molecule has 1 atom stereocenters. The molecule has 2 aromatic carbocycles. The van der Waals surface area contributed by atoms with Gasteiger partial charge < -0.3 is 5.32 Å². The van der Waals surface area contributed by atoms with Gasteiger partial charge in [0.25, 0.3) is 0 Å². The van der Waals surface area contributed by atoms with E-state index in [1.165, 1.54) is 29.5 Å². The lowest BCUT2D eigenvalue weighted by atomic mass is 10.1. The summed E-state index contributed by atoms with van der Waals surface area (Å²) in [5.41, 5.74) is 4.07. The van der Waals surface area contributed by atoms with E-state index in [9.17, 15) is 0 Å². The maximum Gasteiger partial charge on any atom is 0.0438 e. The number of hydrogen-bond donors (Lipinski definition) is 1. The number of nitrogens with one attached hydrogen (secondary N) is 1. The molecule has 0 radical (unpaired) electrons. The molecule has 1 aliphatic carbocycles. The molecule has 0 aliphatic heterocycles. The van der Waals surface area contributed by atoms with E-state index in [0.717, 1.165) is 23.9 Å². The quantitative estimate of drug-likeness (QED) is 0.797. The Balaban J connectivity index is 1.51. The average molecular weight is 300 g/mol. The zero-order valence-corrected chi connectivity index (χ0v) is 13.2. The Kier molecular flexibility index (Phi) is 4.62. The van der Waals surface area contributed by atoms with E-state index < -0.39 is 0 Å². The van der Waals surface area contributed by atoms with Gasteiger partial charge in [0.1, 0.15) is 0 Å². The molecule has 2 heteroatoms. The zero-order chi connectivity index (χ0) is 14.7. The van der Waals surface area contributed by atoms with Gasteiger partial charge in [0.05, 0.1) is 0 Å². The second-order valence-electron chi connectivity index (χ2n) is 6.09. The van der Waals surface area contributed by atoms with Crippen molar-refractivity contribution in [1.82, 2.24) is 5.32 Å². The van der Waals surface area contributed by atoms with Crippen LogP contribution < -0.4 is 5.32 Å². The first-order valence-electron chi connectivity index (χ1n) is 7.78. The van der Waals surface area contributed by atoms with Crippen LogP contribution in [0.15, 0.2) is 48.5 Å². The van der Waals surface area contributed by atoms with Gasteiger partial charge in [0.2, 0.25) is 0 Å². The van der Waals surface area contributed by atoms with Crippen LogP contribution in [0.3, 0.4) is 0 Å². The Hall–Kier alpha value is -1.31. The summed E-state index contributed by atoms with van der Waals surface area (Å²) in [7, 11) is 0. The third-order valence-corrected chi connectivity index (χ3v) is 4.54. The molecule has 0 amide bonds. The van der Waals surface area contributed by atoms with Crippen molar-refractivity contribution in [3.8, 4) is 0 Å². The van der Waals surface area contributed by atoms with Crippen molar-refractivity contribution in [2.24, 2.45) is 0 Å². The fourth-order valence-electron chi connectivity index (χ4n) is 2.68. The summed E-state index contributed by atoms with van der Waals surface area (Å²) >= 11 is 6.21. The van der Waals surface area contributed by atoms with Crippen LogP contribution in [-0.2, 0) is 13.0 Å². The summed E-state index contributed by atoms with van der Waals surface area (Å²) in [4.78, 5) is 0. The smallest absolute Gasteiger partial charge is 0.0438 e. The lowest BCUT2D eigenvalue weighted by molar-refractivity contribution is 0.545. The van der Waals surface area contributed by atoms with Crippen LogP contribution >= 0.6 is 11.6 Å². The van der Waals surface area contributed by atoms with E-state index in [1.54, 1.807) is 0 Å². The van der Waals surface area contributed by atoms with Gasteiger partial charge in [-0.25, -0.2) is 0 Å². The van der Waals surface area contributed by atoms with Crippen molar-refractivity contribution in [1.29, 1.82) is 0 Å². The lowest BCUT2D eigenvalue weighted by Crippen LogP contribution is -2.27. The molecule has 110 valence electrons. The van der Waals surface area contributed by atoms with Crippen molar-refractivity contribution in [2.45, 2.75) is 44.7 Å². The highest BCUT2D eigenvalue weighted by molar-refractivity contribution is 6.31. The van der Waals surface area contributed by atoms with Gasteiger partial charge >= 0.3 is 0 Å². The van der Waals surface area contributed by atoms with Crippen LogP contribution in [0.2, 0.25) is 5.02 Å². The molecule has 0 heterocycles. The monoisotopic (exact) mass is 299 g/mol. The third-order valence-electron chi connectivity index (χ3n) is 4.17. The van der Waals surface area contributed by atoms with Gasteiger partial charge in [-0.05, 0) is 54.9 Å². The molecule has 0 aromatic heterocycles. The summed E-state index contributed by atoms with van der Waals surface area (Å²) in [5, 5.41) is 4.44. The molecule has 21 heavy (non-hydrogen) atoms. The summed E-state index contributed by atoms with van der Waals surface area (Å²) in [6.45, 7) is 3.12. The molecular weight excluding hydrogens is 278 g/mol. The molecule has 1 saturated carbocycles. The average Bonchev–Trinajstić information content (AvgIpc) is 3.33. The standard InChI is InChI=1S/C19H22ClN/c1-14(12-18-4-2-3-5-19(18)20)21-13-15-6-8-16(9-7-15)17-10-11-17/h2-9,14,17,21H,10-13H2,1H3. The van der Waals surface area contributed by atoms with Gasteiger partial charge in [-0.2, -0.15) is 0 Å². The van der Waals surface area contributed by atoms with Crippen LogP contribution in [0.1, 0.15) is 42.4 Å². The molecule has 1 fully saturated rings. The number of benzene rings is 2. The molecule has 1 unspecified atom stereocenters. The topological polar surface area (TPSA) is 12.0 Å². The van der Waals surface area contributed by atoms with Crippen LogP contribution in [0.25, 0.3) is 0 Å². The maximum absolute atomic E-state index is 6.21. The highest BCUT2D eigenvalue weighted by atomic mass is 35.5. The fourth-order valence-corrected chi connectivity index (χ4v) is 2.90. The van der Waals surface area contributed by atoms with Crippen LogP contribution in [-0.4, -0.2) is 6.04 Å². The number of rotatable bonds is 6. The maximum atomic E-state index is 6.21. The number of halogens is 1. The first-order chi connectivity index (χ1) is 10.2. The first kappa shape index (κ1) is 14.6.